The largest absolute Gasteiger partial charge is 0.454 e. The number of benzene rings is 1. The Morgan fingerprint density at radius 1 is 1.14 bits per heavy atom. The van der Waals surface area contributed by atoms with E-state index in [1.807, 2.05) is 0 Å². The molecule has 0 saturated carbocycles. The predicted molar refractivity (Wildman–Crippen MR) is 71.4 cm³/mol. The van der Waals surface area contributed by atoms with Crippen LogP contribution in [0.3, 0.4) is 0 Å². The van der Waals surface area contributed by atoms with Gasteiger partial charge >= 0.3 is 11.9 Å². The molecule has 0 radical (unpaired) electrons. The maximum Gasteiger partial charge on any atom is 0.431 e. The molecule has 1 aromatic heterocycles. The molecule has 0 atom stereocenters. The van der Waals surface area contributed by atoms with Gasteiger partial charge in [0.1, 0.15) is 5.69 Å². The van der Waals surface area contributed by atoms with Gasteiger partial charge in [0.25, 0.3) is 0 Å². The minimum atomic E-state index is -4.64. The number of rotatable bonds is 2. The zero-order valence-electron chi connectivity index (χ0n) is 11.0. The molecule has 8 heteroatoms. The van der Waals surface area contributed by atoms with Crippen molar-refractivity contribution in [2.75, 3.05) is 6.79 Å². The van der Waals surface area contributed by atoms with Crippen LogP contribution in [0, 0.1) is 0 Å². The van der Waals surface area contributed by atoms with Crippen molar-refractivity contribution in [2.45, 2.75) is 6.18 Å². The lowest BCUT2D eigenvalue weighted by atomic mass is 10.1. The number of ether oxygens (including phenoxy) is 2. The Labute approximate surface area is 122 Å². The van der Waals surface area contributed by atoms with Crippen molar-refractivity contribution >= 4 is 12.2 Å². The van der Waals surface area contributed by atoms with Crippen molar-refractivity contribution in [1.82, 2.24) is 9.97 Å². The second-order valence-electron chi connectivity index (χ2n) is 4.47. The first-order valence-corrected chi connectivity index (χ1v) is 6.18. The number of nitrogens with one attached hydrogen (secondary N) is 1. The van der Waals surface area contributed by atoms with Gasteiger partial charge in [-0.15, -0.1) is 0 Å². The Morgan fingerprint density at radius 2 is 1.91 bits per heavy atom. The van der Waals surface area contributed by atoms with Crippen LogP contribution in [0.1, 0.15) is 17.0 Å². The van der Waals surface area contributed by atoms with Gasteiger partial charge in [0.15, 0.2) is 11.5 Å². The van der Waals surface area contributed by atoms with Crippen LogP contribution in [0.25, 0.3) is 12.2 Å². The summed E-state index contributed by atoms with van der Waals surface area (Å²) in [5.41, 5.74) is -1.60. The number of aromatic amines is 1. The molecular formula is C14H9F3N2O3. The van der Waals surface area contributed by atoms with E-state index in [0.29, 0.717) is 17.1 Å². The smallest absolute Gasteiger partial charge is 0.431 e. The fourth-order valence-corrected chi connectivity index (χ4v) is 1.91. The lowest BCUT2D eigenvalue weighted by Gasteiger charge is -2.05. The van der Waals surface area contributed by atoms with Crippen molar-refractivity contribution in [3.63, 3.8) is 0 Å². The quantitative estimate of drug-likeness (QED) is 0.926. The molecule has 1 aromatic carbocycles. The summed E-state index contributed by atoms with van der Waals surface area (Å²) in [6, 6.07) is 5.85. The lowest BCUT2D eigenvalue weighted by Crippen LogP contribution is -2.19. The van der Waals surface area contributed by atoms with Crippen LogP contribution >= 0.6 is 0 Å². The fourth-order valence-electron chi connectivity index (χ4n) is 1.91. The summed E-state index contributed by atoms with van der Waals surface area (Å²) in [5.74, 6) is 1.16. The van der Waals surface area contributed by atoms with Crippen LogP contribution in [-0.2, 0) is 6.18 Å². The fraction of sp³-hybridized carbons (Fsp3) is 0.143. The van der Waals surface area contributed by atoms with E-state index < -0.39 is 17.6 Å². The molecule has 3 rings (SSSR count). The Morgan fingerprint density at radius 3 is 2.68 bits per heavy atom. The van der Waals surface area contributed by atoms with Gasteiger partial charge < -0.3 is 14.5 Å². The highest BCUT2D eigenvalue weighted by atomic mass is 19.4. The van der Waals surface area contributed by atoms with E-state index in [0.717, 1.165) is 6.07 Å². The van der Waals surface area contributed by atoms with E-state index in [2.05, 4.69) is 4.98 Å². The van der Waals surface area contributed by atoms with Gasteiger partial charge in [0, 0.05) is 0 Å². The molecule has 1 aliphatic heterocycles. The van der Waals surface area contributed by atoms with E-state index in [-0.39, 0.29) is 12.5 Å². The minimum Gasteiger partial charge on any atom is -0.454 e. The number of H-pyrrole nitrogens is 1. The van der Waals surface area contributed by atoms with Gasteiger partial charge in [-0.3, -0.25) is 0 Å². The number of hydrogen-bond donors (Lipinski definition) is 1. The lowest BCUT2D eigenvalue weighted by molar-refractivity contribution is -0.141. The Hall–Kier alpha value is -2.77. The second kappa shape index (κ2) is 5.21. The highest BCUT2D eigenvalue weighted by molar-refractivity contribution is 5.69. The summed E-state index contributed by atoms with van der Waals surface area (Å²) in [7, 11) is 0. The van der Waals surface area contributed by atoms with Crippen molar-refractivity contribution < 1.29 is 22.6 Å². The van der Waals surface area contributed by atoms with Crippen molar-refractivity contribution in [3.8, 4) is 11.5 Å². The van der Waals surface area contributed by atoms with Gasteiger partial charge in [0.05, 0.1) is 5.69 Å². The van der Waals surface area contributed by atoms with E-state index in [4.69, 9.17) is 9.47 Å². The second-order valence-corrected chi connectivity index (χ2v) is 4.47. The van der Waals surface area contributed by atoms with Crippen LogP contribution < -0.4 is 15.2 Å². The van der Waals surface area contributed by atoms with E-state index in [9.17, 15) is 18.0 Å². The molecular weight excluding hydrogens is 301 g/mol. The zero-order chi connectivity index (χ0) is 15.7. The molecule has 5 nitrogen and oxygen atoms in total. The minimum absolute atomic E-state index is 0.0891. The van der Waals surface area contributed by atoms with Crippen LogP contribution in [0.15, 0.2) is 29.1 Å². The summed E-state index contributed by atoms with van der Waals surface area (Å²) in [6.07, 6.45) is -1.78. The maximum atomic E-state index is 12.6. The zero-order valence-corrected chi connectivity index (χ0v) is 11.0. The first-order valence-electron chi connectivity index (χ1n) is 6.18. The number of nitrogens with zero attached hydrogens (tertiary/aromatic N) is 1. The standard InChI is InChI=1S/C14H9F3N2O3/c15-14(16,17)12-6-9(18-13(20)19-12)3-1-8-2-4-10-11(5-8)22-7-21-10/h1-6H,7H2,(H,18,19,20)/b3-1+. The molecule has 1 aliphatic rings. The average Bonchev–Trinajstić information content (AvgIpc) is 2.91. The number of alkyl halides is 3. The highest BCUT2D eigenvalue weighted by Gasteiger charge is 2.32. The summed E-state index contributed by atoms with van der Waals surface area (Å²) in [4.78, 5) is 16.3. The monoisotopic (exact) mass is 310 g/mol. The molecule has 0 saturated heterocycles. The van der Waals surface area contributed by atoms with Crippen molar-refractivity contribution in [2.24, 2.45) is 0 Å². The third-order valence-electron chi connectivity index (χ3n) is 2.91. The first-order chi connectivity index (χ1) is 10.4. The Kier molecular flexibility index (Phi) is 3.36. The summed E-state index contributed by atoms with van der Waals surface area (Å²) in [6.45, 7) is 0.132. The van der Waals surface area contributed by atoms with Crippen molar-refractivity contribution in [1.29, 1.82) is 0 Å². The van der Waals surface area contributed by atoms with Gasteiger partial charge in [0.2, 0.25) is 6.79 Å². The van der Waals surface area contributed by atoms with E-state index >= 15 is 0 Å². The van der Waals surface area contributed by atoms with Gasteiger partial charge in [-0.25, -0.2) is 4.79 Å². The molecule has 0 spiro atoms. The predicted octanol–water partition coefficient (Wildman–Crippen LogP) is 2.69. The molecule has 0 amide bonds. The molecule has 2 heterocycles. The molecule has 114 valence electrons. The summed E-state index contributed by atoms with van der Waals surface area (Å²) in [5, 5.41) is 0. The Bertz CT molecular complexity index is 797. The van der Waals surface area contributed by atoms with Gasteiger partial charge in [-0.05, 0) is 29.8 Å². The molecule has 0 bridgehead atoms. The van der Waals surface area contributed by atoms with Crippen molar-refractivity contribution in [3.05, 3.63) is 51.7 Å². The van der Waals surface area contributed by atoms with Crippen LogP contribution in [0.5, 0.6) is 11.5 Å². The number of hydrogen-bond acceptors (Lipinski definition) is 4. The normalized spacial score (nSPS) is 13.8. The van der Waals surface area contributed by atoms with E-state index in [1.165, 1.54) is 12.2 Å². The third kappa shape index (κ3) is 2.95. The Balaban J connectivity index is 1.89. The number of fused-ring (bicyclic) bond motifs is 1. The van der Waals surface area contributed by atoms with Crippen LogP contribution in [-0.4, -0.2) is 16.8 Å². The molecule has 0 fully saturated rings. The first kappa shape index (κ1) is 14.2. The van der Waals surface area contributed by atoms with Crippen LogP contribution in [0.2, 0.25) is 0 Å². The molecule has 0 aliphatic carbocycles. The third-order valence-corrected chi connectivity index (χ3v) is 2.91. The van der Waals surface area contributed by atoms with Gasteiger partial charge in [-0.2, -0.15) is 18.2 Å². The van der Waals surface area contributed by atoms with E-state index in [1.54, 1.807) is 23.2 Å². The molecule has 0 unspecified atom stereocenters. The summed E-state index contributed by atoms with van der Waals surface area (Å²) < 4.78 is 48.2. The van der Waals surface area contributed by atoms with Crippen LogP contribution in [0.4, 0.5) is 13.2 Å². The molecule has 22 heavy (non-hydrogen) atoms. The number of aromatic nitrogens is 2. The topological polar surface area (TPSA) is 64.2 Å². The average molecular weight is 310 g/mol. The van der Waals surface area contributed by atoms with Gasteiger partial charge in [-0.1, -0.05) is 12.1 Å². The highest BCUT2D eigenvalue weighted by Crippen LogP contribution is 2.33. The maximum absolute atomic E-state index is 12.6. The summed E-state index contributed by atoms with van der Waals surface area (Å²) >= 11 is 0. The SMILES string of the molecule is O=c1nc(/C=C/c2ccc3c(c2)OCO3)cc(C(F)(F)F)[nH]1. The number of halogens is 3. The molecule has 2 aromatic rings. The molecule has 1 N–H and O–H groups in total.